The summed E-state index contributed by atoms with van der Waals surface area (Å²) in [5, 5.41) is 0. The topological polar surface area (TPSA) is 84.4 Å². The predicted octanol–water partition coefficient (Wildman–Crippen LogP) is 6.46. The van der Waals surface area contributed by atoms with Crippen molar-refractivity contribution in [2.75, 3.05) is 36.0 Å². The van der Waals surface area contributed by atoms with Gasteiger partial charge in [0.25, 0.3) is 5.91 Å². The number of piperazine rings is 1. The van der Waals surface area contributed by atoms with Gasteiger partial charge in [-0.15, -0.1) is 0 Å². The van der Waals surface area contributed by atoms with Gasteiger partial charge in [0, 0.05) is 43.5 Å². The maximum Gasteiger partial charge on any atom is 0.410 e. The number of fused-ring (bicyclic) bond motifs is 1. The summed E-state index contributed by atoms with van der Waals surface area (Å²) in [6, 6.07) is 29.3. The first kappa shape index (κ1) is 30.0. The summed E-state index contributed by atoms with van der Waals surface area (Å²) in [6.45, 7) is 9.20. The number of carbonyl (C=O) groups is 2. The maximum atomic E-state index is 13.7. The van der Waals surface area contributed by atoms with Crippen LogP contribution >= 0.6 is 0 Å². The van der Waals surface area contributed by atoms with Gasteiger partial charge < -0.3 is 24.0 Å². The Kier molecular flexibility index (Phi) is 8.60. The first-order valence-electron chi connectivity index (χ1n) is 15.3. The molecule has 1 saturated heterocycles. The van der Waals surface area contributed by atoms with E-state index in [-0.39, 0.29) is 12.0 Å². The first-order valence-corrected chi connectivity index (χ1v) is 15.3. The summed E-state index contributed by atoms with van der Waals surface area (Å²) in [5.41, 5.74) is 4.71. The van der Waals surface area contributed by atoms with Crippen molar-refractivity contribution in [1.82, 2.24) is 9.88 Å². The normalized spacial score (nSPS) is 14.7. The lowest BCUT2D eigenvalue weighted by atomic mass is 10.1. The highest BCUT2D eigenvalue weighted by molar-refractivity contribution is 6.10. The molecule has 1 aromatic heterocycles. The number of nitrogens with zero attached hydrogens (tertiary/aromatic N) is 4. The van der Waals surface area contributed by atoms with Crippen molar-refractivity contribution in [3.8, 4) is 11.8 Å². The quantitative estimate of drug-likeness (QED) is 0.228. The van der Waals surface area contributed by atoms with Crippen molar-refractivity contribution in [3.63, 3.8) is 0 Å². The molecule has 2 aliphatic rings. The van der Waals surface area contributed by atoms with E-state index in [4.69, 9.17) is 19.2 Å². The standard InChI is InChI=1S/C36H38N4O5/c1-36(2,3)45-35(42)39-20-18-38(19-21-39)29-14-15-30-28(22-29)23-40(34(30)41)31-16-17-32(43-24-26-10-6-4-7-11-26)37-33(31)44-25-27-12-8-5-9-13-27/h4-17,22H,18-21,23-25H2,1-3H3. The van der Waals surface area contributed by atoms with Crippen LogP contribution < -0.4 is 19.3 Å². The third kappa shape index (κ3) is 7.20. The molecule has 0 N–H and O–H groups in total. The second kappa shape index (κ2) is 12.9. The minimum Gasteiger partial charge on any atom is -0.473 e. The number of pyridine rings is 1. The number of carbonyl (C=O) groups excluding carboxylic acids is 2. The molecule has 3 aromatic carbocycles. The number of rotatable bonds is 8. The van der Waals surface area contributed by atoms with Gasteiger partial charge in [0.05, 0.1) is 6.54 Å². The number of anilines is 2. The molecule has 232 valence electrons. The first-order chi connectivity index (χ1) is 21.7. The molecule has 0 spiro atoms. The van der Waals surface area contributed by atoms with Crippen molar-refractivity contribution < 1.29 is 23.8 Å². The number of hydrogen-bond acceptors (Lipinski definition) is 7. The summed E-state index contributed by atoms with van der Waals surface area (Å²) < 4.78 is 17.7. The molecule has 4 aromatic rings. The van der Waals surface area contributed by atoms with Crippen LogP contribution in [0.15, 0.2) is 91.0 Å². The van der Waals surface area contributed by atoms with Crippen molar-refractivity contribution in [2.24, 2.45) is 0 Å². The van der Waals surface area contributed by atoms with E-state index in [9.17, 15) is 9.59 Å². The van der Waals surface area contributed by atoms with Crippen LogP contribution in [-0.4, -0.2) is 53.7 Å². The lowest BCUT2D eigenvalue weighted by molar-refractivity contribution is 0.0240. The van der Waals surface area contributed by atoms with E-state index in [0.717, 1.165) is 22.4 Å². The Bertz CT molecular complexity index is 1650. The number of hydrogen-bond donors (Lipinski definition) is 0. The molecule has 1 fully saturated rings. The van der Waals surface area contributed by atoms with E-state index in [0.29, 0.717) is 68.9 Å². The molecule has 0 radical (unpaired) electrons. The molecular formula is C36H38N4O5. The van der Waals surface area contributed by atoms with Crippen LogP contribution in [0.1, 0.15) is 47.8 Å². The van der Waals surface area contributed by atoms with Crippen molar-refractivity contribution in [3.05, 3.63) is 113 Å². The Balaban J connectivity index is 1.18. The van der Waals surface area contributed by atoms with E-state index < -0.39 is 5.60 Å². The molecule has 0 aliphatic carbocycles. The molecule has 2 aliphatic heterocycles. The Morgan fingerprint density at radius 3 is 2.09 bits per heavy atom. The number of aromatic nitrogens is 1. The largest absolute Gasteiger partial charge is 0.473 e. The molecule has 0 unspecified atom stereocenters. The average Bonchev–Trinajstić information content (AvgIpc) is 3.38. The van der Waals surface area contributed by atoms with Gasteiger partial charge in [-0.25, -0.2) is 4.79 Å². The molecule has 0 atom stereocenters. The van der Waals surface area contributed by atoms with Crippen molar-refractivity contribution in [1.29, 1.82) is 0 Å². The lowest BCUT2D eigenvalue weighted by Gasteiger charge is -2.36. The van der Waals surface area contributed by atoms with Crippen LogP contribution in [0.3, 0.4) is 0 Å². The van der Waals surface area contributed by atoms with Gasteiger partial charge >= 0.3 is 6.09 Å². The lowest BCUT2D eigenvalue weighted by Crippen LogP contribution is -2.50. The summed E-state index contributed by atoms with van der Waals surface area (Å²) in [6.07, 6.45) is -0.285. The Labute approximate surface area is 263 Å². The van der Waals surface area contributed by atoms with Gasteiger partial charge in [0.15, 0.2) is 0 Å². The van der Waals surface area contributed by atoms with Crippen LogP contribution in [0.25, 0.3) is 0 Å². The second-order valence-electron chi connectivity index (χ2n) is 12.2. The second-order valence-corrected chi connectivity index (χ2v) is 12.2. The zero-order chi connectivity index (χ0) is 31.4. The fraction of sp³-hybridized carbons (Fsp3) is 0.306. The molecule has 3 heterocycles. The molecule has 0 bridgehead atoms. The van der Waals surface area contributed by atoms with E-state index in [2.05, 4.69) is 11.0 Å². The van der Waals surface area contributed by atoms with Gasteiger partial charge in [-0.1, -0.05) is 60.7 Å². The van der Waals surface area contributed by atoms with E-state index in [1.165, 1.54) is 0 Å². The van der Waals surface area contributed by atoms with E-state index in [1.54, 1.807) is 15.9 Å². The Morgan fingerprint density at radius 2 is 1.44 bits per heavy atom. The fourth-order valence-corrected chi connectivity index (χ4v) is 5.44. The van der Waals surface area contributed by atoms with Crippen LogP contribution in [0, 0.1) is 0 Å². The highest BCUT2D eigenvalue weighted by Crippen LogP contribution is 2.37. The van der Waals surface area contributed by atoms with Gasteiger partial charge in [-0.2, -0.15) is 4.98 Å². The molecule has 9 heteroatoms. The van der Waals surface area contributed by atoms with Gasteiger partial charge in [-0.05, 0) is 61.7 Å². The Morgan fingerprint density at radius 1 is 0.800 bits per heavy atom. The molecule has 0 saturated carbocycles. The summed E-state index contributed by atoms with van der Waals surface area (Å²) in [7, 11) is 0. The molecule has 45 heavy (non-hydrogen) atoms. The third-order valence-electron chi connectivity index (χ3n) is 7.74. The van der Waals surface area contributed by atoms with Gasteiger partial charge in [0.1, 0.15) is 24.5 Å². The van der Waals surface area contributed by atoms with E-state index >= 15 is 0 Å². The van der Waals surface area contributed by atoms with E-state index in [1.807, 2.05) is 99.6 Å². The highest BCUT2D eigenvalue weighted by Gasteiger charge is 2.32. The SMILES string of the molecule is CC(C)(C)OC(=O)N1CCN(c2ccc3c(c2)CN(c2ccc(OCc4ccccc4)nc2OCc2ccccc2)C3=O)CC1. The monoisotopic (exact) mass is 606 g/mol. The Hall–Kier alpha value is -5.05. The minimum absolute atomic E-state index is 0.101. The number of benzene rings is 3. The number of ether oxygens (including phenoxy) is 3. The molecule has 6 rings (SSSR count). The smallest absolute Gasteiger partial charge is 0.410 e. The molecular weight excluding hydrogens is 568 g/mol. The average molecular weight is 607 g/mol. The summed E-state index contributed by atoms with van der Waals surface area (Å²) >= 11 is 0. The maximum absolute atomic E-state index is 13.7. The minimum atomic E-state index is -0.524. The highest BCUT2D eigenvalue weighted by atomic mass is 16.6. The van der Waals surface area contributed by atoms with Crippen molar-refractivity contribution >= 4 is 23.4 Å². The van der Waals surface area contributed by atoms with Crippen molar-refractivity contribution in [2.45, 2.75) is 46.1 Å². The van der Waals surface area contributed by atoms with Crippen LogP contribution in [0.5, 0.6) is 11.8 Å². The third-order valence-corrected chi connectivity index (χ3v) is 7.74. The zero-order valence-corrected chi connectivity index (χ0v) is 25.9. The molecule has 9 nitrogen and oxygen atoms in total. The van der Waals surface area contributed by atoms with Crippen LogP contribution in [-0.2, 0) is 24.5 Å². The zero-order valence-electron chi connectivity index (χ0n) is 25.9. The fourth-order valence-electron chi connectivity index (χ4n) is 5.44. The predicted molar refractivity (Wildman–Crippen MR) is 173 cm³/mol. The number of amides is 2. The summed E-state index contributed by atoms with van der Waals surface area (Å²) in [4.78, 5) is 36.6. The molecule has 2 amide bonds. The van der Waals surface area contributed by atoms with Gasteiger partial charge in [0.2, 0.25) is 11.8 Å². The summed E-state index contributed by atoms with van der Waals surface area (Å²) in [5.74, 6) is 0.655. The van der Waals surface area contributed by atoms with Crippen LogP contribution in [0.4, 0.5) is 16.2 Å². The van der Waals surface area contributed by atoms with Crippen LogP contribution in [0.2, 0.25) is 0 Å². The van der Waals surface area contributed by atoms with Gasteiger partial charge in [-0.3, -0.25) is 9.69 Å².